The van der Waals surface area contributed by atoms with E-state index in [0.29, 0.717) is 16.5 Å². The van der Waals surface area contributed by atoms with Crippen molar-refractivity contribution < 1.29 is 0 Å². The predicted octanol–water partition coefficient (Wildman–Crippen LogP) is 3.37. The topological polar surface area (TPSA) is 50.9 Å². The average Bonchev–Trinajstić information content (AvgIpc) is 2.27. The highest BCUT2D eigenvalue weighted by molar-refractivity contribution is 6.33. The lowest BCUT2D eigenvalue weighted by Crippen LogP contribution is -1.99. The molecule has 1 aromatic carbocycles. The van der Waals surface area contributed by atoms with Gasteiger partial charge in [0, 0.05) is 6.20 Å². The van der Waals surface area contributed by atoms with E-state index in [1.54, 1.807) is 18.3 Å². The van der Waals surface area contributed by atoms with Crippen LogP contribution >= 0.6 is 11.6 Å². The molecule has 2 aromatic rings. The Morgan fingerprint density at radius 2 is 2.12 bits per heavy atom. The molecular formula is C12H12ClN3. The number of nitrogens with one attached hydrogen (secondary N) is 1. The van der Waals surface area contributed by atoms with Crippen molar-refractivity contribution in [3.05, 3.63) is 47.1 Å². The van der Waals surface area contributed by atoms with E-state index in [9.17, 15) is 0 Å². The minimum Gasteiger partial charge on any atom is -0.396 e. The van der Waals surface area contributed by atoms with Crippen molar-refractivity contribution in [2.75, 3.05) is 11.1 Å². The van der Waals surface area contributed by atoms with E-state index < -0.39 is 0 Å². The fraction of sp³-hybridized carbons (Fsp3) is 0.0833. The normalized spacial score (nSPS) is 10.1. The molecule has 0 amide bonds. The molecule has 0 saturated heterocycles. The number of hydrogen-bond acceptors (Lipinski definition) is 3. The molecule has 16 heavy (non-hydrogen) atoms. The van der Waals surface area contributed by atoms with Crippen molar-refractivity contribution in [3.63, 3.8) is 0 Å². The van der Waals surface area contributed by atoms with Crippen LogP contribution in [0, 0.1) is 6.92 Å². The SMILES string of the molecule is Cc1ccc(Cl)c(Nc2ncccc2N)c1. The third-order valence-corrected chi connectivity index (χ3v) is 2.54. The number of nitrogen functional groups attached to an aromatic ring is 1. The first-order chi connectivity index (χ1) is 7.66. The highest BCUT2D eigenvalue weighted by Crippen LogP contribution is 2.27. The van der Waals surface area contributed by atoms with Crippen LogP contribution < -0.4 is 11.1 Å². The summed E-state index contributed by atoms with van der Waals surface area (Å²) in [5.74, 6) is 0.620. The van der Waals surface area contributed by atoms with E-state index in [2.05, 4.69) is 10.3 Å². The molecule has 0 fully saturated rings. The van der Waals surface area contributed by atoms with Crippen LogP contribution in [0.5, 0.6) is 0 Å². The van der Waals surface area contributed by atoms with Gasteiger partial charge >= 0.3 is 0 Å². The van der Waals surface area contributed by atoms with E-state index in [4.69, 9.17) is 17.3 Å². The van der Waals surface area contributed by atoms with E-state index >= 15 is 0 Å². The van der Waals surface area contributed by atoms with Crippen molar-refractivity contribution in [1.29, 1.82) is 0 Å². The molecule has 4 heteroatoms. The van der Waals surface area contributed by atoms with Crippen molar-refractivity contribution in [2.24, 2.45) is 0 Å². The van der Waals surface area contributed by atoms with Gasteiger partial charge in [0.2, 0.25) is 0 Å². The van der Waals surface area contributed by atoms with Gasteiger partial charge in [0.05, 0.1) is 16.4 Å². The third kappa shape index (κ3) is 2.25. The fourth-order valence-electron chi connectivity index (χ4n) is 1.38. The van der Waals surface area contributed by atoms with Gasteiger partial charge in [-0.1, -0.05) is 17.7 Å². The molecule has 0 atom stereocenters. The number of halogens is 1. The van der Waals surface area contributed by atoms with Gasteiger partial charge in [0.15, 0.2) is 5.82 Å². The average molecular weight is 234 g/mol. The summed E-state index contributed by atoms with van der Waals surface area (Å²) in [7, 11) is 0. The number of hydrogen-bond donors (Lipinski definition) is 2. The second-order valence-corrected chi connectivity index (χ2v) is 3.96. The Kier molecular flexibility index (Phi) is 2.97. The molecule has 1 heterocycles. The smallest absolute Gasteiger partial charge is 0.153 e. The summed E-state index contributed by atoms with van der Waals surface area (Å²) in [5.41, 5.74) is 8.32. The monoisotopic (exact) mass is 233 g/mol. The van der Waals surface area contributed by atoms with Gasteiger partial charge in [-0.15, -0.1) is 0 Å². The summed E-state index contributed by atoms with van der Waals surface area (Å²) >= 11 is 6.07. The highest BCUT2D eigenvalue weighted by atomic mass is 35.5. The molecule has 1 aromatic heterocycles. The molecule has 82 valence electrons. The van der Waals surface area contributed by atoms with E-state index in [1.165, 1.54) is 0 Å². The molecule has 3 nitrogen and oxygen atoms in total. The molecule has 0 aliphatic heterocycles. The molecule has 0 aliphatic carbocycles. The van der Waals surface area contributed by atoms with Crippen molar-refractivity contribution in [2.45, 2.75) is 6.92 Å². The Bertz CT molecular complexity index is 511. The Labute approximate surface area is 99.3 Å². The van der Waals surface area contributed by atoms with Crippen LogP contribution in [-0.2, 0) is 0 Å². The van der Waals surface area contributed by atoms with Crippen LogP contribution in [0.15, 0.2) is 36.5 Å². The standard InChI is InChI=1S/C12H12ClN3/c1-8-4-5-9(13)11(7-8)16-12-10(14)3-2-6-15-12/h2-7H,14H2,1H3,(H,15,16). The summed E-state index contributed by atoms with van der Waals surface area (Å²) in [5, 5.41) is 3.76. The minimum absolute atomic E-state index is 0.597. The molecule has 0 spiro atoms. The lowest BCUT2D eigenvalue weighted by atomic mass is 10.2. The van der Waals surface area contributed by atoms with Crippen molar-refractivity contribution >= 4 is 28.8 Å². The van der Waals surface area contributed by atoms with Crippen molar-refractivity contribution in [3.8, 4) is 0 Å². The minimum atomic E-state index is 0.597. The molecule has 0 unspecified atom stereocenters. The molecule has 0 saturated carbocycles. The molecule has 0 aliphatic rings. The number of pyridine rings is 1. The number of nitrogens with two attached hydrogens (primary N) is 1. The number of aryl methyl sites for hydroxylation is 1. The Morgan fingerprint density at radius 3 is 2.88 bits per heavy atom. The molecule has 0 bridgehead atoms. The zero-order valence-electron chi connectivity index (χ0n) is 8.87. The van der Waals surface area contributed by atoms with Crippen LogP contribution in [0.4, 0.5) is 17.2 Å². The maximum absolute atomic E-state index is 6.07. The second-order valence-electron chi connectivity index (χ2n) is 3.55. The maximum atomic E-state index is 6.07. The second kappa shape index (κ2) is 4.41. The molecule has 2 rings (SSSR count). The van der Waals surface area contributed by atoms with Gasteiger partial charge in [0.1, 0.15) is 0 Å². The molecular weight excluding hydrogens is 222 g/mol. The van der Waals surface area contributed by atoms with Gasteiger partial charge < -0.3 is 11.1 Å². The predicted molar refractivity (Wildman–Crippen MR) is 68.1 cm³/mol. The quantitative estimate of drug-likeness (QED) is 0.836. The summed E-state index contributed by atoms with van der Waals surface area (Å²) < 4.78 is 0. The lowest BCUT2D eigenvalue weighted by Gasteiger charge is -2.10. The van der Waals surface area contributed by atoms with Crippen molar-refractivity contribution in [1.82, 2.24) is 4.98 Å². The summed E-state index contributed by atoms with van der Waals surface area (Å²) in [4.78, 5) is 4.15. The summed E-state index contributed by atoms with van der Waals surface area (Å²) in [6, 6.07) is 9.33. The number of aromatic nitrogens is 1. The van der Waals surface area contributed by atoms with Gasteiger partial charge in [-0.05, 0) is 36.8 Å². The first-order valence-electron chi connectivity index (χ1n) is 4.90. The van der Waals surface area contributed by atoms with Crippen LogP contribution in [0.2, 0.25) is 5.02 Å². The fourth-order valence-corrected chi connectivity index (χ4v) is 1.55. The van der Waals surface area contributed by atoms with Gasteiger partial charge in [-0.2, -0.15) is 0 Å². The van der Waals surface area contributed by atoms with E-state index in [1.807, 2.05) is 25.1 Å². The largest absolute Gasteiger partial charge is 0.396 e. The summed E-state index contributed by atoms with van der Waals surface area (Å²) in [6.07, 6.45) is 1.68. The van der Waals surface area contributed by atoms with Crippen LogP contribution in [-0.4, -0.2) is 4.98 Å². The number of rotatable bonds is 2. The van der Waals surface area contributed by atoms with Crippen LogP contribution in [0.3, 0.4) is 0 Å². The maximum Gasteiger partial charge on any atom is 0.153 e. The number of anilines is 3. The van der Waals surface area contributed by atoms with Gasteiger partial charge in [0.25, 0.3) is 0 Å². The Hall–Kier alpha value is -1.74. The zero-order valence-corrected chi connectivity index (χ0v) is 9.62. The molecule has 3 N–H and O–H groups in total. The Balaban J connectivity index is 2.34. The number of nitrogens with zero attached hydrogens (tertiary/aromatic N) is 1. The van der Waals surface area contributed by atoms with Gasteiger partial charge in [-0.25, -0.2) is 4.98 Å². The van der Waals surface area contributed by atoms with Gasteiger partial charge in [-0.3, -0.25) is 0 Å². The first-order valence-corrected chi connectivity index (χ1v) is 5.28. The lowest BCUT2D eigenvalue weighted by molar-refractivity contribution is 1.31. The zero-order chi connectivity index (χ0) is 11.5. The Morgan fingerprint density at radius 1 is 1.31 bits per heavy atom. The van der Waals surface area contributed by atoms with Crippen LogP contribution in [0.25, 0.3) is 0 Å². The number of benzene rings is 1. The van der Waals surface area contributed by atoms with Crippen LogP contribution in [0.1, 0.15) is 5.56 Å². The van der Waals surface area contributed by atoms with E-state index in [-0.39, 0.29) is 0 Å². The van der Waals surface area contributed by atoms with E-state index in [0.717, 1.165) is 11.3 Å². The summed E-state index contributed by atoms with van der Waals surface area (Å²) in [6.45, 7) is 2.00. The molecule has 0 radical (unpaired) electrons. The first kappa shape index (κ1) is 10.8. The third-order valence-electron chi connectivity index (χ3n) is 2.21. The highest BCUT2D eigenvalue weighted by Gasteiger charge is 2.03.